The molecular weight excluding hydrogens is 316 g/mol. The molecule has 120 valence electrons. The maximum atomic E-state index is 12.5. The number of pyridine rings is 2. The van der Waals surface area contributed by atoms with Crippen LogP contribution in [0.4, 0.5) is 0 Å². The van der Waals surface area contributed by atoms with E-state index in [9.17, 15) is 9.90 Å². The third kappa shape index (κ3) is 1.94. The summed E-state index contributed by atoms with van der Waals surface area (Å²) in [5, 5.41) is 12.1. The highest BCUT2D eigenvalue weighted by atomic mass is 16.3. The van der Waals surface area contributed by atoms with E-state index >= 15 is 0 Å². The van der Waals surface area contributed by atoms with Crippen molar-refractivity contribution in [3.8, 4) is 17.1 Å². The third-order valence-electron chi connectivity index (χ3n) is 4.36. The van der Waals surface area contributed by atoms with E-state index in [0.29, 0.717) is 22.2 Å². The Bertz CT molecular complexity index is 1330. The fourth-order valence-corrected chi connectivity index (χ4v) is 3.19. The Labute approximate surface area is 140 Å². The Morgan fingerprint density at radius 1 is 0.880 bits per heavy atom. The summed E-state index contributed by atoms with van der Waals surface area (Å²) in [5.74, 6) is 0.247. The largest absolute Gasteiger partial charge is 0.506 e. The van der Waals surface area contributed by atoms with Gasteiger partial charge >= 0.3 is 0 Å². The number of hydrogen-bond donors (Lipinski definition) is 3. The van der Waals surface area contributed by atoms with Gasteiger partial charge < -0.3 is 15.1 Å². The minimum atomic E-state index is -0.391. The number of nitrogens with zero attached hydrogens (tertiary/aromatic N) is 2. The van der Waals surface area contributed by atoms with E-state index in [1.165, 1.54) is 0 Å². The molecule has 0 aliphatic rings. The number of aromatic hydroxyl groups is 1. The molecule has 5 aromatic rings. The van der Waals surface area contributed by atoms with Crippen molar-refractivity contribution in [2.75, 3.05) is 0 Å². The van der Waals surface area contributed by atoms with Gasteiger partial charge in [-0.25, -0.2) is 4.98 Å². The van der Waals surface area contributed by atoms with Gasteiger partial charge in [0, 0.05) is 17.0 Å². The number of fused-ring (bicyclic) bond motifs is 4. The lowest BCUT2D eigenvalue weighted by molar-refractivity contribution is 0.482. The number of aromatic nitrogens is 4. The molecule has 6 nitrogen and oxygen atoms in total. The zero-order chi connectivity index (χ0) is 17.0. The average Bonchev–Trinajstić information content (AvgIpc) is 3.06. The van der Waals surface area contributed by atoms with Crippen molar-refractivity contribution in [3.05, 3.63) is 65.1 Å². The Hall–Kier alpha value is -3.67. The van der Waals surface area contributed by atoms with E-state index in [0.717, 1.165) is 16.4 Å². The number of para-hydroxylation sites is 1. The molecule has 0 aliphatic carbocycles. The molecule has 3 N–H and O–H groups in total. The minimum Gasteiger partial charge on any atom is -0.506 e. The lowest BCUT2D eigenvalue weighted by atomic mass is 10.1. The second-order valence-electron chi connectivity index (χ2n) is 5.84. The van der Waals surface area contributed by atoms with E-state index in [2.05, 4.69) is 19.9 Å². The minimum absolute atomic E-state index is 0.0826. The van der Waals surface area contributed by atoms with Gasteiger partial charge in [0.1, 0.15) is 17.1 Å². The zero-order valence-electron chi connectivity index (χ0n) is 12.9. The van der Waals surface area contributed by atoms with Crippen LogP contribution in [0.1, 0.15) is 0 Å². The summed E-state index contributed by atoms with van der Waals surface area (Å²) in [6, 6.07) is 14.7. The Balaban J connectivity index is 1.86. The van der Waals surface area contributed by atoms with Crippen molar-refractivity contribution in [2.24, 2.45) is 0 Å². The molecule has 0 bridgehead atoms. The molecule has 3 heterocycles. The first kappa shape index (κ1) is 13.7. The summed E-state index contributed by atoms with van der Waals surface area (Å²) in [5.41, 5.74) is 2.64. The summed E-state index contributed by atoms with van der Waals surface area (Å²) < 4.78 is 0. The summed E-state index contributed by atoms with van der Waals surface area (Å²) in [7, 11) is 0. The van der Waals surface area contributed by atoms with Gasteiger partial charge in [-0.05, 0) is 36.4 Å². The topological polar surface area (TPSA) is 94.7 Å². The number of H-pyrrole nitrogens is 2. The van der Waals surface area contributed by atoms with Crippen LogP contribution in [0.3, 0.4) is 0 Å². The van der Waals surface area contributed by atoms with Crippen LogP contribution in [0.15, 0.2) is 59.5 Å². The number of imidazole rings is 1. The fourth-order valence-electron chi connectivity index (χ4n) is 3.19. The maximum absolute atomic E-state index is 12.5. The van der Waals surface area contributed by atoms with Crippen molar-refractivity contribution < 1.29 is 5.11 Å². The number of nitrogens with one attached hydrogen (secondary N) is 2. The quantitative estimate of drug-likeness (QED) is 0.440. The second kappa shape index (κ2) is 4.91. The number of benzene rings is 2. The van der Waals surface area contributed by atoms with Gasteiger partial charge in [0.25, 0.3) is 5.56 Å². The molecule has 0 fully saturated rings. The van der Waals surface area contributed by atoms with Crippen LogP contribution in [0.5, 0.6) is 5.75 Å². The lowest BCUT2D eigenvalue weighted by Gasteiger charge is -2.04. The second-order valence-corrected chi connectivity index (χ2v) is 5.84. The number of hydrogen-bond acceptors (Lipinski definition) is 4. The SMILES string of the molecule is O=c1[nH]c2ccccc2c(O)c1-c1nc2c(ccc3ncccc32)[nH]1. The molecule has 0 amide bonds. The van der Waals surface area contributed by atoms with E-state index < -0.39 is 5.56 Å². The van der Waals surface area contributed by atoms with E-state index in [1.807, 2.05) is 30.3 Å². The van der Waals surface area contributed by atoms with Crippen LogP contribution in [-0.2, 0) is 0 Å². The Morgan fingerprint density at radius 3 is 2.64 bits per heavy atom. The zero-order valence-corrected chi connectivity index (χ0v) is 12.9. The molecule has 0 aliphatic heterocycles. The van der Waals surface area contributed by atoms with Crippen LogP contribution in [0.2, 0.25) is 0 Å². The van der Waals surface area contributed by atoms with Gasteiger partial charge in [0.05, 0.1) is 22.1 Å². The van der Waals surface area contributed by atoms with Crippen LogP contribution < -0.4 is 5.56 Å². The summed E-state index contributed by atoms with van der Waals surface area (Å²) >= 11 is 0. The van der Waals surface area contributed by atoms with E-state index in [-0.39, 0.29) is 11.3 Å². The molecule has 0 atom stereocenters. The highest BCUT2D eigenvalue weighted by Gasteiger charge is 2.18. The summed E-state index contributed by atoms with van der Waals surface area (Å²) in [6.07, 6.45) is 1.72. The van der Waals surface area contributed by atoms with Gasteiger partial charge in [-0.2, -0.15) is 0 Å². The summed E-state index contributed by atoms with van der Waals surface area (Å²) in [6.45, 7) is 0. The van der Waals surface area contributed by atoms with Crippen molar-refractivity contribution >= 4 is 32.8 Å². The highest BCUT2D eigenvalue weighted by Crippen LogP contribution is 2.32. The molecule has 3 aromatic heterocycles. The van der Waals surface area contributed by atoms with Gasteiger partial charge in [-0.3, -0.25) is 9.78 Å². The van der Waals surface area contributed by atoms with Crippen molar-refractivity contribution in [3.63, 3.8) is 0 Å². The number of aromatic amines is 2. The first-order chi connectivity index (χ1) is 12.2. The molecule has 25 heavy (non-hydrogen) atoms. The standard InChI is InChI=1S/C19H12N4O2/c24-17-11-4-1-2-6-13(11)22-19(25)15(17)18-21-14-8-7-12-10(16(14)23-18)5-3-9-20-12/h1-9H,(H,21,23)(H2,22,24,25). The molecule has 0 saturated carbocycles. The van der Waals surface area contributed by atoms with E-state index in [4.69, 9.17) is 0 Å². The first-order valence-electron chi connectivity index (χ1n) is 7.80. The van der Waals surface area contributed by atoms with Crippen molar-refractivity contribution in [1.29, 1.82) is 0 Å². The Morgan fingerprint density at radius 2 is 1.72 bits per heavy atom. The maximum Gasteiger partial charge on any atom is 0.263 e. The van der Waals surface area contributed by atoms with Crippen LogP contribution in [-0.4, -0.2) is 25.0 Å². The molecule has 0 saturated heterocycles. The molecular formula is C19H12N4O2. The third-order valence-corrected chi connectivity index (χ3v) is 4.36. The average molecular weight is 328 g/mol. The smallest absolute Gasteiger partial charge is 0.263 e. The van der Waals surface area contributed by atoms with Crippen molar-refractivity contribution in [2.45, 2.75) is 0 Å². The fraction of sp³-hybridized carbons (Fsp3) is 0. The van der Waals surface area contributed by atoms with Crippen LogP contribution >= 0.6 is 0 Å². The van der Waals surface area contributed by atoms with Gasteiger partial charge in [0.2, 0.25) is 0 Å². The molecule has 2 aromatic carbocycles. The van der Waals surface area contributed by atoms with Crippen molar-refractivity contribution in [1.82, 2.24) is 19.9 Å². The summed E-state index contributed by atoms with van der Waals surface area (Å²) in [4.78, 5) is 27.3. The predicted octanol–water partition coefficient (Wildman–Crippen LogP) is 3.33. The van der Waals surface area contributed by atoms with Gasteiger partial charge in [0.15, 0.2) is 0 Å². The highest BCUT2D eigenvalue weighted by molar-refractivity contribution is 6.03. The van der Waals surface area contributed by atoms with Crippen LogP contribution in [0.25, 0.3) is 44.2 Å². The molecule has 0 radical (unpaired) electrons. The Kier molecular flexibility index (Phi) is 2.70. The van der Waals surface area contributed by atoms with Gasteiger partial charge in [-0.1, -0.05) is 12.1 Å². The molecule has 0 unspecified atom stereocenters. The normalized spacial score (nSPS) is 11.5. The van der Waals surface area contributed by atoms with E-state index in [1.54, 1.807) is 24.4 Å². The molecule has 5 rings (SSSR count). The van der Waals surface area contributed by atoms with Crippen LogP contribution in [0, 0.1) is 0 Å². The predicted molar refractivity (Wildman–Crippen MR) is 96.6 cm³/mol. The number of rotatable bonds is 1. The first-order valence-corrected chi connectivity index (χ1v) is 7.80. The monoisotopic (exact) mass is 328 g/mol. The molecule has 0 spiro atoms. The van der Waals surface area contributed by atoms with Gasteiger partial charge in [-0.15, -0.1) is 0 Å². The lowest BCUT2D eigenvalue weighted by Crippen LogP contribution is -2.10. The molecule has 6 heteroatoms.